The van der Waals surface area contributed by atoms with E-state index in [0.717, 1.165) is 28.2 Å². The second kappa shape index (κ2) is 5.48. The van der Waals surface area contributed by atoms with E-state index >= 15 is 0 Å². The zero-order valence-corrected chi connectivity index (χ0v) is 12.4. The van der Waals surface area contributed by atoms with Gasteiger partial charge in [-0.1, -0.05) is 30.3 Å². The van der Waals surface area contributed by atoms with E-state index in [4.69, 9.17) is 5.11 Å². The number of rotatable bonds is 3. The van der Waals surface area contributed by atoms with Gasteiger partial charge in [0.1, 0.15) is 0 Å². The van der Waals surface area contributed by atoms with Crippen molar-refractivity contribution in [2.24, 2.45) is 0 Å². The monoisotopic (exact) mass is 292 g/mol. The van der Waals surface area contributed by atoms with Crippen molar-refractivity contribution in [3.63, 3.8) is 0 Å². The maximum atomic E-state index is 11.0. The van der Waals surface area contributed by atoms with Crippen molar-refractivity contribution < 1.29 is 9.90 Å². The second-order valence-corrected chi connectivity index (χ2v) is 5.18. The standard InChI is InChI=1S/C18H16N2O2/c1-12-17(14-8-10-15(11-9-14)18(21)22)13(2)20(19-12)16-6-4-3-5-7-16/h3-11H,1-2H3,(H,21,22). The normalized spacial score (nSPS) is 10.6. The van der Waals surface area contributed by atoms with Crippen molar-refractivity contribution in [3.8, 4) is 16.8 Å². The van der Waals surface area contributed by atoms with Crippen LogP contribution in [0, 0.1) is 13.8 Å². The van der Waals surface area contributed by atoms with Gasteiger partial charge in [0.15, 0.2) is 0 Å². The molecule has 1 heterocycles. The van der Waals surface area contributed by atoms with Gasteiger partial charge >= 0.3 is 5.97 Å². The lowest BCUT2D eigenvalue weighted by molar-refractivity contribution is 0.0697. The zero-order chi connectivity index (χ0) is 15.7. The van der Waals surface area contributed by atoms with Gasteiger partial charge in [-0.05, 0) is 43.7 Å². The molecular weight excluding hydrogens is 276 g/mol. The SMILES string of the molecule is Cc1nn(-c2ccccc2)c(C)c1-c1ccc(C(=O)O)cc1. The van der Waals surface area contributed by atoms with Gasteiger partial charge in [0.2, 0.25) is 0 Å². The van der Waals surface area contributed by atoms with Crippen molar-refractivity contribution in [3.05, 3.63) is 71.5 Å². The van der Waals surface area contributed by atoms with Crippen molar-refractivity contribution in [1.82, 2.24) is 9.78 Å². The third-order valence-electron chi connectivity index (χ3n) is 3.71. The van der Waals surface area contributed by atoms with E-state index in [0.29, 0.717) is 0 Å². The van der Waals surface area contributed by atoms with Crippen LogP contribution in [0.4, 0.5) is 0 Å². The van der Waals surface area contributed by atoms with E-state index in [1.54, 1.807) is 12.1 Å². The van der Waals surface area contributed by atoms with Crippen LogP contribution in [0.5, 0.6) is 0 Å². The number of carbonyl (C=O) groups is 1. The molecule has 4 nitrogen and oxygen atoms in total. The first-order chi connectivity index (χ1) is 10.6. The molecule has 0 aliphatic rings. The molecule has 0 unspecified atom stereocenters. The summed E-state index contributed by atoms with van der Waals surface area (Å²) in [7, 11) is 0. The Hall–Kier alpha value is -2.88. The van der Waals surface area contributed by atoms with Gasteiger partial charge in [-0.15, -0.1) is 0 Å². The van der Waals surface area contributed by atoms with Gasteiger partial charge in [0.25, 0.3) is 0 Å². The van der Waals surface area contributed by atoms with Crippen molar-refractivity contribution in [2.45, 2.75) is 13.8 Å². The largest absolute Gasteiger partial charge is 0.478 e. The molecule has 1 N–H and O–H groups in total. The van der Waals surface area contributed by atoms with Crippen LogP contribution >= 0.6 is 0 Å². The van der Waals surface area contributed by atoms with E-state index in [1.807, 2.05) is 61.0 Å². The Kier molecular flexibility index (Phi) is 3.51. The van der Waals surface area contributed by atoms with Crippen LogP contribution in [0.1, 0.15) is 21.7 Å². The maximum Gasteiger partial charge on any atom is 0.335 e. The summed E-state index contributed by atoms with van der Waals surface area (Å²) in [5, 5.41) is 13.6. The molecule has 110 valence electrons. The lowest BCUT2D eigenvalue weighted by Crippen LogP contribution is -1.98. The number of para-hydroxylation sites is 1. The maximum absolute atomic E-state index is 11.0. The van der Waals surface area contributed by atoms with Crippen LogP contribution in [0.15, 0.2) is 54.6 Å². The molecule has 0 atom stereocenters. The van der Waals surface area contributed by atoms with Gasteiger partial charge in [0.05, 0.1) is 16.9 Å². The number of nitrogens with zero attached hydrogens (tertiary/aromatic N) is 2. The first-order valence-electron chi connectivity index (χ1n) is 7.03. The van der Waals surface area contributed by atoms with Crippen LogP contribution in [0.2, 0.25) is 0 Å². The Morgan fingerprint density at radius 3 is 2.23 bits per heavy atom. The van der Waals surface area contributed by atoms with E-state index in [-0.39, 0.29) is 5.56 Å². The molecule has 0 spiro atoms. The Balaban J connectivity index is 2.09. The van der Waals surface area contributed by atoms with Crippen LogP contribution in [0.25, 0.3) is 16.8 Å². The molecule has 0 bridgehead atoms. The fourth-order valence-corrected chi connectivity index (χ4v) is 2.66. The number of benzene rings is 2. The predicted molar refractivity (Wildman–Crippen MR) is 85.4 cm³/mol. The van der Waals surface area contributed by atoms with Gasteiger partial charge < -0.3 is 5.11 Å². The molecule has 0 saturated heterocycles. The molecule has 4 heteroatoms. The Labute approximate surface area is 128 Å². The molecule has 3 rings (SSSR count). The number of hydrogen-bond donors (Lipinski definition) is 1. The summed E-state index contributed by atoms with van der Waals surface area (Å²) >= 11 is 0. The van der Waals surface area contributed by atoms with Crippen molar-refractivity contribution in [2.75, 3.05) is 0 Å². The number of aromatic nitrogens is 2. The Bertz CT molecular complexity index is 818. The molecule has 22 heavy (non-hydrogen) atoms. The molecule has 3 aromatic rings. The summed E-state index contributed by atoms with van der Waals surface area (Å²) in [5.41, 5.74) is 5.27. The quantitative estimate of drug-likeness (QED) is 0.797. The number of carboxylic acids is 1. The number of aromatic carboxylic acids is 1. The summed E-state index contributed by atoms with van der Waals surface area (Å²) in [4.78, 5) is 11.0. The summed E-state index contributed by atoms with van der Waals surface area (Å²) in [6, 6.07) is 16.9. The highest BCUT2D eigenvalue weighted by molar-refractivity contribution is 5.88. The van der Waals surface area contributed by atoms with Gasteiger partial charge in [0, 0.05) is 11.3 Å². The molecule has 0 amide bonds. The Morgan fingerprint density at radius 1 is 1.00 bits per heavy atom. The Morgan fingerprint density at radius 2 is 1.64 bits per heavy atom. The summed E-state index contributed by atoms with van der Waals surface area (Å²) in [6.07, 6.45) is 0. The lowest BCUT2D eigenvalue weighted by atomic mass is 10.0. The number of hydrogen-bond acceptors (Lipinski definition) is 2. The second-order valence-electron chi connectivity index (χ2n) is 5.18. The minimum Gasteiger partial charge on any atom is -0.478 e. The number of carboxylic acid groups (broad SMARTS) is 1. The number of aryl methyl sites for hydroxylation is 1. The van der Waals surface area contributed by atoms with Crippen molar-refractivity contribution in [1.29, 1.82) is 0 Å². The fourth-order valence-electron chi connectivity index (χ4n) is 2.66. The third-order valence-corrected chi connectivity index (χ3v) is 3.71. The lowest BCUT2D eigenvalue weighted by Gasteiger charge is -2.06. The van der Waals surface area contributed by atoms with Gasteiger partial charge in [-0.2, -0.15) is 5.10 Å². The van der Waals surface area contributed by atoms with E-state index < -0.39 is 5.97 Å². The average Bonchev–Trinajstić information content (AvgIpc) is 2.83. The molecule has 0 fully saturated rings. The smallest absolute Gasteiger partial charge is 0.335 e. The predicted octanol–water partition coefficient (Wildman–Crippen LogP) is 3.85. The van der Waals surface area contributed by atoms with E-state index in [9.17, 15) is 4.79 Å². The minimum absolute atomic E-state index is 0.287. The zero-order valence-electron chi connectivity index (χ0n) is 12.4. The third kappa shape index (κ3) is 2.39. The average molecular weight is 292 g/mol. The fraction of sp³-hybridized carbons (Fsp3) is 0.111. The first-order valence-corrected chi connectivity index (χ1v) is 7.03. The highest BCUT2D eigenvalue weighted by Gasteiger charge is 2.14. The molecule has 2 aromatic carbocycles. The summed E-state index contributed by atoms with van der Waals surface area (Å²) in [6.45, 7) is 3.99. The van der Waals surface area contributed by atoms with Gasteiger partial charge in [-0.3, -0.25) is 0 Å². The van der Waals surface area contributed by atoms with Gasteiger partial charge in [-0.25, -0.2) is 9.48 Å². The molecule has 0 aliphatic carbocycles. The van der Waals surface area contributed by atoms with Crippen LogP contribution in [-0.2, 0) is 0 Å². The molecule has 1 aromatic heterocycles. The van der Waals surface area contributed by atoms with Crippen LogP contribution in [0.3, 0.4) is 0 Å². The first kappa shape index (κ1) is 14.1. The van der Waals surface area contributed by atoms with E-state index in [1.165, 1.54) is 0 Å². The highest BCUT2D eigenvalue weighted by atomic mass is 16.4. The molecule has 0 radical (unpaired) electrons. The molecule has 0 saturated carbocycles. The van der Waals surface area contributed by atoms with Crippen LogP contribution in [-0.4, -0.2) is 20.9 Å². The van der Waals surface area contributed by atoms with Crippen molar-refractivity contribution >= 4 is 5.97 Å². The summed E-state index contributed by atoms with van der Waals surface area (Å²) < 4.78 is 1.91. The minimum atomic E-state index is -0.917. The van der Waals surface area contributed by atoms with Crippen LogP contribution < -0.4 is 0 Å². The van der Waals surface area contributed by atoms with E-state index in [2.05, 4.69) is 5.10 Å². The molecular formula is C18H16N2O2. The highest BCUT2D eigenvalue weighted by Crippen LogP contribution is 2.28. The topological polar surface area (TPSA) is 55.1 Å². The summed E-state index contributed by atoms with van der Waals surface area (Å²) in [5.74, 6) is -0.917. The molecule has 0 aliphatic heterocycles.